The van der Waals surface area contributed by atoms with Crippen LogP contribution in [0.1, 0.15) is 16.7 Å². The summed E-state index contributed by atoms with van der Waals surface area (Å²) in [4.78, 5) is 24.0. The van der Waals surface area contributed by atoms with Gasteiger partial charge in [-0.1, -0.05) is 24.3 Å². The fourth-order valence-electron chi connectivity index (χ4n) is 2.64. The van der Waals surface area contributed by atoms with Crippen molar-refractivity contribution < 1.29 is 23.8 Å². The summed E-state index contributed by atoms with van der Waals surface area (Å²) in [5.74, 6) is 0.891. The van der Waals surface area contributed by atoms with E-state index in [9.17, 15) is 9.59 Å². The molecular weight excluding hydrogens is 418 g/mol. The maximum Gasteiger partial charge on any atom is 0.276 e. The molecule has 164 valence electrons. The van der Waals surface area contributed by atoms with Crippen LogP contribution in [0.4, 0.5) is 0 Å². The number of hydrogen-bond donors (Lipinski definition) is 3. The van der Waals surface area contributed by atoms with Crippen molar-refractivity contribution >= 4 is 35.2 Å². The maximum atomic E-state index is 12.0. The molecule has 0 bridgehead atoms. The Bertz CT molecular complexity index is 971. The van der Waals surface area contributed by atoms with E-state index in [1.165, 1.54) is 13.2 Å². The van der Waals surface area contributed by atoms with Crippen LogP contribution < -0.4 is 30.4 Å². The van der Waals surface area contributed by atoms with E-state index in [2.05, 4.69) is 16.2 Å². The minimum Gasteiger partial charge on any atom is -0.493 e. The van der Waals surface area contributed by atoms with Crippen LogP contribution in [0.15, 0.2) is 42.5 Å². The number of rotatable bonds is 7. The molecule has 0 spiro atoms. The van der Waals surface area contributed by atoms with Gasteiger partial charge in [-0.05, 0) is 61.0 Å². The molecule has 2 aromatic carbocycles. The highest BCUT2D eigenvalue weighted by atomic mass is 32.1. The lowest BCUT2D eigenvalue weighted by atomic mass is 10.1. The standard InChI is InChI=1S/C22H25N3O5S/c1-14-6-5-7-15(2)21(14)30-13-20(27)24-25-22(31)23-19(26)11-9-16-8-10-17(28-3)18(12-16)29-4/h5-12H,13H2,1-4H3,(H,24,27)(H2,23,25,26,31). The quantitative estimate of drug-likeness (QED) is 0.343. The first-order valence-electron chi connectivity index (χ1n) is 9.33. The van der Waals surface area contributed by atoms with Crippen molar-refractivity contribution in [1.82, 2.24) is 16.2 Å². The van der Waals surface area contributed by atoms with Gasteiger partial charge >= 0.3 is 0 Å². The Morgan fingerprint density at radius 1 is 1.00 bits per heavy atom. The second-order valence-corrected chi connectivity index (χ2v) is 6.86. The number of ether oxygens (including phenoxy) is 3. The molecule has 0 heterocycles. The third-order valence-corrected chi connectivity index (χ3v) is 4.35. The van der Waals surface area contributed by atoms with Crippen molar-refractivity contribution in [2.45, 2.75) is 13.8 Å². The molecule has 0 atom stereocenters. The van der Waals surface area contributed by atoms with E-state index in [1.807, 2.05) is 32.0 Å². The van der Waals surface area contributed by atoms with E-state index in [0.717, 1.165) is 16.7 Å². The molecule has 0 aromatic heterocycles. The lowest BCUT2D eigenvalue weighted by Gasteiger charge is -2.13. The number of thiocarbonyl (C=S) groups is 1. The van der Waals surface area contributed by atoms with Crippen molar-refractivity contribution in [2.75, 3.05) is 20.8 Å². The topological polar surface area (TPSA) is 97.9 Å². The highest BCUT2D eigenvalue weighted by Gasteiger charge is 2.08. The third-order valence-electron chi connectivity index (χ3n) is 4.14. The molecule has 0 aliphatic heterocycles. The molecule has 3 N–H and O–H groups in total. The molecule has 0 saturated carbocycles. The summed E-state index contributed by atoms with van der Waals surface area (Å²) >= 11 is 5.00. The Morgan fingerprint density at radius 2 is 1.68 bits per heavy atom. The van der Waals surface area contributed by atoms with Gasteiger partial charge in [-0.25, -0.2) is 0 Å². The van der Waals surface area contributed by atoms with Gasteiger partial charge in [0, 0.05) is 6.08 Å². The molecule has 0 unspecified atom stereocenters. The van der Waals surface area contributed by atoms with Crippen molar-refractivity contribution in [3.63, 3.8) is 0 Å². The van der Waals surface area contributed by atoms with E-state index in [0.29, 0.717) is 17.2 Å². The normalized spacial score (nSPS) is 10.3. The number of aryl methyl sites for hydroxylation is 2. The largest absolute Gasteiger partial charge is 0.493 e. The van der Waals surface area contributed by atoms with E-state index in [1.54, 1.807) is 31.4 Å². The number of nitrogens with one attached hydrogen (secondary N) is 3. The van der Waals surface area contributed by atoms with Crippen LogP contribution in [-0.2, 0) is 9.59 Å². The van der Waals surface area contributed by atoms with Crippen LogP contribution in [0, 0.1) is 13.8 Å². The Morgan fingerprint density at radius 3 is 2.32 bits per heavy atom. The van der Waals surface area contributed by atoms with Gasteiger partial charge in [0.1, 0.15) is 5.75 Å². The zero-order valence-corrected chi connectivity index (χ0v) is 18.6. The Labute approximate surface area is 186 Å². The molecule has 8 nitrogen and oxygen atoms in total. The van der Waals surface area contributed by atoms with Crippen LogP contribution in [0.2, 0.25) is 0 Å². The molecule has 0 aliphatic rings. The van der Waals surface area contributed by atoms with Gasteiger partial charge in [0.2, 0.25) is 5.91 Å². The summed E-state index contributed by atoms with van der Waals surface area (Å²) in [5, 5.41) is 2.38. The zero-order chi connectivity index (χ0) is 22.8. The molecule has 2 rings (SSSR count). The fourth-order valence-corrected chi connectivity index (χ4v) is 2.79. The number of carbonyl (C=O) groups excluding carboxylic acids is 2. The van der Waals surface area contributed by atoms with Gasteiger partial charge in [0.05, 0.1) is 14.2 Å². The first-order chi connectivity index (χ1) is 14.8. The summed E-state index contributed by atoms with van der Waals surface area (Å²) in [6.45, 7) is 3.60. The molecule has 31 heavy (non-hydrogen) atoms. The number of amides is 2. The van der Waals surface area contributed by atoms with Gasteiger partial charge in [-0.15, -0.1) is 0 Å². The third kappa shape index (κ3) is 7.31. The highest BCUT2D eigenvalue weighted by Crippen LogP contribution is 2.28. The Hall–Kier alpha value is -3.59. The lowest BCUT2D eigenvalue weighted by molar-refractivity contribution is -0.123. The maximum absolute atomic E-state index is 12.0. The van der Waals surface area contributed by atoms with Crippen molar-refractivity contribution in [1.29, 1.82) is 0 Å². The van der Waals surface area contributed by atoms with Crippen LogP contribution >= 0.6 is 12.2 Å². The first-order valence-corrected chi connectivity index (χ1v) is 9.73. The molecule has 2 amide bonds. The smallest absolute Gasteiger partial charge is 0.276 e. The monoisotopic (exact) mass is 443 g/mol. The van der Waals surface area contributed by atoms with Crippen molar-refractivity contribution in [3.05, 3.63) is 59.2 Å². The van der Waals surface area contributed by atoms with Gasteiger partial charge in [0.25, 0.3) is 5.91 Å². The summed E-state index contributed by atoms with van der Waals surface area (Å²) in [7, 11) is 3.08. The molecule has 9 heteroatoms. The predicted octanol–water partition coefficient (Wildman–Crippen LogP) is 2.43. The Balaban J connectivity index is 1.78. The number of para-hydroxylation sites is 1. The molecule has 0 aliphatic carbocycles. The predicted molar refractivity (Wildman–Crippen MR) is 122 cm³/mol. The molecule has 0 radical (unpaired) electrons. The second-order valence-electron chi connectivity index (χ2n) is 6.45. The van der Waals surface area contributed by atoms with Gasteiger partial charge < -0.3 is 14.2 Å². The van der Waals surface area contributed by atoms with Gasteiger partial charge in [-0.2, -0.15) is 0 Å². The summed E-state index contributed by atoms with van der Waals surface area (Å²) in [6.07, 6.45) is 2.90. The van der Waals surface area contributed by atoms with Crippen LogP contribution in [0.25, 0.3) is 6.08 Å². The SMILES string of the molecule is COc1ccc(C=CC(=O)NC(=S)NNC(=O)COc2c(C)cccc2C)cc1OC. The van der Waals surface area contributed by atoms with E-state index < -0.39 is 11.8 Å². The minimum absolute atomic E-state index is 0.0533. The summed E-state index contributed by atoms with van der Waals surface area (Å²) in [6, 6.07) is 11.0. The minimum atomic E-state index is -0.465. The number of benzene rings is 2. The fraction of sp³-hybridized carbons (Fsp3) is 0.227. The lowest BCUT2D eigenvalue weighted by Crippen LogP contribution is -2.49. The van der Waals surface area contributed by atoms with Crippen LogP contribution in [0.3, 0.4) is 0 Å². The van der Waals surface area contributed by atoms with E-state index in [-0.39, 0.29) is 11.7 Å². The average molecular weight is 444 g/mol. The first kappa shape index (κ1) is 23.7. The van der Waals surface area contributed by atoms with Crippen molar-refractivity contribution in [2.24, 2.45) is 0 Å². The van der Waals surface area contributed by atoms with Gasteiger partial charge in [0.15, 0.2) is 23.2 Å². The van der Waals surface area contributed by atoms with Crippen molar-refractivity contribution in [3.8, 4) is 17.2 Å². The van der Waals surface area contributed by atoms with Crippen LogP contribution in [-0.4, -0.2) is 37.8 Å². The highest BCUT2D eigenvalue weighted by molar-refractivity contribution is 7.80. The molecule has 0 fully saturated rings. The summed E-state index contributed by atoms with van der Waals surface area (Å²) in [5.41, 5.74) is 7.44. The van der Waals surface area contributed by atoms with E-state index in [4.69, 9.17) is 26.4 Å². The number of methoxy groups -OCH3 is 2. The van der Waals surface area contributed by atoms with Crippen LogP contribution in [0.5, 0.6) is 17.2 Å². The molecular formula is C22H25N3O5S. The average Bonchev–Trinajstić information content (AvgIpc) is 2.75. The zero-order valence-electron chi connectivity index (χ0n) is 17.8. The molecule has 2 aromatic rings. The van der Waals surface area contributed by atoms with Gasteiger partial charge in [-0.3, -0.25) is 25.8 Å². The number of carbonyl (C=O) groups is 2. The molecule has 0 saturated heterocycles. The second kappa shape index (κ2) is 11.6. The number of hydrazine groups is 1. The Kier molecular flexibility index (Phi) is 8.83. The number of hydrogen-bond acceptors (Lipinski definition) is 6. The van der Waals surface area contributed by atoms with E-state index >= 15 is 0 Å². The summed E-state index contributed by atoms with van der Waals surface area (Å²) < 4.78 is 15.9.